The van der Waals surface area contributed by atoms with Crippen LogP contribution in [0.15, 0.2) is 41.5 Å². The predicted octanol–water partition coefficient (Wildman–Crippen LogP) is 3.26. The largest absolute Gasteiger partial charge is 0.355 e. The molecule has 1 aliphatic rings. The summed E-state index contributed by atoms with van der Waals surface area (Å²) in [6.07, 6.45) is 5.52. The lowest BCUT2D eigenvalue weighted by molar-refractivity contribution is 0.0950. The minimum atomic E-state index is -0.503. The average Bonchev–Trinajstić information content (AvgIpc) is 3.50. The van der Waals surface area contributed by atoms with E-state index >= 15 is 0 Å². The molecule has 1 saturated carbocycles. The second-order valence-electron chi connectivity index (χ2n) is 7.42. The van der Waals surface area contributed by atoms with Gasteiger partial charge in [-0.3, -0.25) is 18.4 Å². The standard InChI is InChI=1S/C21H21IN4O3S/c1-12-9-26(30-22)17-5-3-4-13(18(12)17)10-25-11-14(19(27)24-15-6-7-15)8-16(21(25)29)20(28)23-2/h3-5,8-9,11,15H,6-7,10H2,1-2H3,(H,23,28)(H,24,27). The van der Waals surface area contributed by atoms with Gasteiger partial charge in [-0.1, -0.05) is 12.1 Å². The van der Waals surface area contributed by atoms with Crippen LogP contribution in [0.25, 0.3) is 10.9 Å². The highest BCUT2D eigenvalue weighted by Crippen LogP contribution is 2.30. The number of carbonyl (C=O) groups is 2. The summed E-state index contributed by atoms with van der Waals surface area (Å²) in [5.74, 6) is -0.769. The first kappa shape index (κ1) is 21.0. The Bertz CT molecular complexity index is 1210. The molecule has 1 fully saturated rings. The Morgan fingerprint density at radius 1 is 1.23 bits per heavy atom. The molecule has 1 aliphatic carbocycles. The number of aromatic nitrogens is 2. The second kappa shape index (κ2) is 8.46. The van der Waals surface area contributed by atoms with E-state index < -0.39 is 11.5 Å². The van der Waals surface area contributed by atoms with E-state index in [1.54, 1.807) is 15.3 Å². The summed E-state index contributed by atoms with van der Waals surface area (Å²) in [6, 6.07) is 7.53. The lowest BCUT2D eigenvalue weighted by Crippen LogP contribution is -2.34. The molecule has 7 nitrogen and oxygen atoms in total. The van der Waals surface area contributed by atoms with Crippen LogP contribution in [-0.2, 0) is 6.54 Å². The zero-order valence-electron chi connectivity index (χ0n) is 16.6. The number of pyridine rings is 1. The molecule has 2 aromatic heterocycles. The number of rotatable bonds is 6. The molecule has 0 saturated heterocycles. The Balaban J connectivity index is 1.81. The smallest absolute Gasteiger partial charge is 0.263 e. The molecule has 9 heteroatoms. The lowest BCUT2D eigenvalue weighted by atomic mass is 10.1. The Morgan fingerprint density at radius 2 is 2.00 bits per heavy atom. The summed E-state index contributed by atoms with van der Waals surface area (Å²) in [5, 5.41) is 6.48. The Kier molecular flexibility index (Phi) is 5.92. The van der Waals surface area contributed by atoms with Crippen molar-refractivity contribution in [3.05, 3.63) is 69.3 Å². The number of amides is 2. The first-order chi connectivity index (χ1) is 14.4. The molecule has 0 bridgehead atoms. The average molecular weight is 536 g/mol. The van der Waals surface area contributed by atoms with Crippen molar-refractivity contribution in [1.82, 2.24) is 19.2 Å². The molecule has 2 amide bonds. The zero-order chi connectivity index (χ0) is 21.4. The number of benzene rings is 1. The van der Waals surface area contributed by atoms with Crippen LogP contribution in [0.5, 0.6) is 0 Å². The van der Waals surface area contributed by atoms with Crippen LogP contribution in [0.2, 0.25) is 0 Å². The third-order valence-electron chi connectivity index (χ3n) is 5.22. The maximum absolute atomic E-state index is 13.0. The van der Waals surface area contributed by atoms with Crippen LogP contribution in [0, 0.1) is 6.92 Å². The summed E-state index contributed by atoms with van der Waals surface area (Å²) in [6.45, 7) is 2.30. The minimum Gasteiger partial charge on any atom is -0.355 e. The number of aryl methyl sites for hydroxylation is 1. The van der Waals surface area contributed by atoms with Crippen molar-refractivity contribution in [2.75, 3.05) is 7.05 Å². The van der Waals surface area contributed by atoms with Gasteiger partial charge < -0.3 is 15.2 Å². The molecule has 1 aromatic carbocycles. The Labute approximate surface area is 189 Å². The highest BCUT2D eigenvalue weighted by atomic mass is 127. The summed E-state index contributed by atoms with van der Waals surface area (Å²) < 4.78 is 3.53. The van der Waals surface area contributed by atoms with E-state index in [2.05, 4.69) is 42.0 Å². The number of fused-ring (bicyclic) bond motifs is 1. The summed E-state index contributed by atoms with van der Waals surface area (Å²) >= 11 is 2.23. The molecule has 0 atom stereocenters. The van der Waals surface area contributed by atoms with Crippen molar-refractivity contribution in [2.45, 2.75) is 32.4 Å². The number of nitrogens with one attached hydrogen (secondary N) is 2. The molecule has 4 rings (SSSR count). The van der Waals surface area contributed by atoms with Crippen LogP contribution in [-0.4, -0.2) is 33.4 Å². The number of halogens is 1. The first-order valence-electron chi connectivity index (χ1n) is 9.59. The van der Waals surface area contributed by atoms with Crippen LogP contribution in [0.4, 0.5) is 0 Å². The van der Waals surface area contributed by atoms with Gasteiger partial charge in [0.15, 0.2) is 0 Å². The van der Waals surface area contributed by atoms with Gasteiger partial charge in [0.25, 0.3) is 17.4 Å². The molecular weight excluding hydrogens is 515 g/mol. The number of carbonyl (C=O) groups excluding carboxylic acids is 2. The van der Waals surface area contributed by atoms with Gasteiger partial charge in [-0.2, -0.15) is 0 Å². The van der Waals surface area contributed by atoms with Gasteiger partial charge in [0.05, 0.1) is 17.6 Å². The Hall–Kier alpha value is -2.27. The van der Waals surface area contributed by atoms with E-state index in [1.807, 2.05) is 25.1 Å². The van der Waals surface area contributed by atoms with E-state index in [4.69, 9.17) is 0 Å². The molecular formula is C21H21IN4O3S. The SMILES string of the molecule is CNC(=O)c1cc(C(=O)NC2CC2)cn(Cc2cccc3c2c(C)cn3SI)c1=O. The highest BCUT2D eigenvalue weighted by molar-refractivity contribution is 14.2. The van der Waals surface area contributed by atoms with Gasteiger partial charge in [-0.05, 0) is 43.0 Å². The van der Waals surface area contributed by atoms with Crippen molar-refractivity contribution in [2.24, 2.45) is 0 Å². The number of hydrogen-bond acceptors (Lipinski definition) is 4. The first-order valence-corrected chi connectivity index (χ1v) is 12.9. The molecule has 2 N–H and O–H groups in total. The predicted molar refractivity (Wildman–Crippen MR) is 127 cm³/mol. The topological polar surface area (TPSA) is 85.1 Å². The maximum Gasteiger partial charge on any atom is 0.263 e. The highest BCUT2D eigenvalue weighted by Gasteiger charge is 2.25. The molecule has 0 spiro atoms. The molecule has 30 heavy (non-hydrogen) atoms. The molecule has 3 aromatic rings. The van der Waals surface area contributed by atoms with Crippen LogP contribution >= 0.6 is 30.3 Å². The third-order valence-corrected chi connectivity index (χ3v) is 6.94. The van der Waals surface area contributed by atoms with Gasteiger partial charge >= 0.3 is 0 Å². The van der Waals surface area contributed by atoms with E-state index in [1.165, 1.54) is 17.7 Å². The van der Waals surface area contributed by atoms with Crippen molar-refractivity contribution in [3.8, 4) is 0 Å². The van der Waals surface area contributed by atoms with E-state index in [0.29, 0.717) is 5.56 Å². The van der Waals surface area contributed by atoms with E-state index in [-0.39, 0.29) is 24.1 Å². The monoisotopic (exact) mass is 536 g/mol. The van der Waals surface area contributed by atoms with Gasteiger partial charge in [0.1, 0.15) is 5.56 Å². The van der Waals surface area contributed by atoms with E-state index in [0.717, 1.165) is 34.9 Å². The fourth-order valence-electron chi connectivity index (χ4n) is 3.58. The summed E-state index contributed by atoms with van der Waals surface area (Å²) in [5.41, 5.74) is 2.97. The van der Waals surface area contributed by atoms with Crippen LogP contribution in [0.3, 0.4) is 0 Å². The van der Waals surface area contributed by atoms with Crippen molar-refractivity contribution < 1.29 is 9.59 Å². The minimum absolute atomic E-state index is 0.0368. The molecule has 0 radical (unpaired) electrons. The van der Waals surface area contributed by atoms with E-state index in [9.17, 15) is 14.4 Å². The third kappa shape index (κ3) is 4.00. The summed E-state index contributed by atoms with van der Waals surface area (Å²) in [7, 11) is 3.05. The fourth-order valence-corrected chi connectivity index (χ4v) is 4.98. The van der Waals surface area contributed by atoms with Crippen LogP contribution in [0.1, 0.15) is 44.7 Å². The lowest BCUT2D eigenvalue weighted by Gasteiger charge is -2.13. The molecule has 0 aliphatic heterocycles. The number of nitrogens with zero attached hydrogens (tertiary/aromatic N) is 2. The Morgan fingerprint density at radius 3 is 2.67 bits per heavy atom. The van der Waals surface area contributed by atoms with Crippen LogP contribution < -0.4 is 16.2 Å². The van der Waals surface area contributed by atoms with Crippen molar-refractivity contribution in [1.29, 1.82) is 0 Å². The van der Waals surface area contributed by atoms with Crippen molar-refractivity contribution >= 4 is 53.0 Å². The van der Waals surface area contributed by atoms with Gasteiger partial charge in [0, 0.05) is 61.2 Å². The normalized spacial score (nSPS) is 13.4. The fraction of sp³-hybridized carbons (Fsp3) is 0.286. The number of hydrogen-bond donors (Lipinski definition) is 2. The zero-order valence-corrected chi connectivity index (χ0v) is 19.5. The molecule has 2 heterocycles. The second-order valence-corrected chi connectivity index (χ2v) is 9.13. The molecule has 0 unspecified atom stereocenters. The van der Waals surface area contributed by atoms with Gasteiger partial charge in [-0.25, -0.2) is 0 Å². The quantitative estimate of drug-likeness (QED) is 0.474. The van der Waals surface area contributed by atoms with Gasteiger partial charge in [-0.15, -0.1) is 0 Å². The molecule has 156 valence electrons. The van der Waals surface area contributed by atoms with Crippen molar-refractivity contribution in [3.63, 3.8) is 0 Å². The summed E-state index contributed by atoms with van der Waals surface area (Å²) in [4.78, 5) is 37.9. The maximum atomic E-state index is 13.0. The van der Waals surface area contributed by atoms with Gasteiger partial charge in [0.2, 0.25) is 0 Å².